The average Bonchev–Trinajstić information content (AvgIpc) is 3.04. The van der Waals surface area contributed by atoms with E-state index in [1.54, 1.807) is 7.05 Å². The van der Waals surface area contributed by atoms with E-state index < -0.39 is 0 Å². The number of hydrogen-bond donors (Lipinski definition) is 1. The second kappa shape index (κ2) is 7.26. The molecule has 2 fully saturated rings. The van der Waals surface area contributed by atoms with Gasteiger partial charge in [-0.05, 0) is 50.1 Å². The molecule has 2 aromatic rings. The molecule has 0 spiro atoms. The molecular weight excluding hydrogens is 342 g/mol. The van der Waals surface area contributed by atoms with Gasteiger partial charge in [-0.15, -0.1) is 10.2 Å². The van der Waals surface area contributed by atoms with Crippen LogP contribution in [0.4, 0.5) is 10.5 Å². The van der Waals surface area contributed by atoms with Crippen LogP contribution in [0.15, 0.2) is 18.2 Å². The molecule has 0 radical (unpaired) electrons. The number of likely N-dealkylation sites (tertiary alicyclic amines) is 2. The Morgan fingerprint density at radius 1 is 1.26 bits per heavy atom. The Morgan fingerprint density at radius 3 is 2.78 bits per heavy atom. The van der Waals surface area contributed by atoms with Gasteiger partial charge < -0.3 is 10.2 Å². The topological polar surface area (TPSA) is 79.2 Å². The summed E-state index contributed by atoms with van der Waals surface area (Å²) in [6.45, 7) is 7.06. The number of carbonyl (C=O) groups excluding carboxylic acids is 1. The molecule has 27 heavy (non-hydrogen) atoms. The highest BCUT2D eigenvalue weighted by Crippen LogP contribution is 2.26. The van der Waals surface area contributed by atoms with Gasteiger partial charge in [0.05, 0.1) is 7.05 Å². The Hall–Kier alpha value is -2.48. The van der Waals surface area contributed by atoms with Crippen LogP contribution in [0, 0.1) is 6.92 Å². The monoisotopic (exact) mass is 369 g/mol. The Kier molecular flexibility index (Phi) is 4.82. The van der Waals surface area contributed by atoms with Gasteiger partial charge in [0.25, 0.3) is 0 Å². The maximum absolute atomic E-state index is 12.7. The van der Waals surface area contributed by atoms with Crippen molar-refractivity contribution >= 4 is 11.7 Å². The van der Waals surface area contributed by atoms with Crippen LogP contribution in [0.2, 0.25) is 0 Å². The van der Waals surface area contributed by atoms with Gasteiger partial charge in [0.2, 0.25) is 5.82 Å². The van der Waals surface area contributed by atoms with Crippen molar-refractivity contribution in [3.05, 3.63) is 23.8 Å². The summed E-state index contributed by atoms with van der Waals surface area (Å²) in [5, 5.41) is 15.2. The van der Waals surface area contributed by atoms with E-state index in [0.717, 1.165) is 36.4 Å². The zero-order chi connectivity index (χ0) is 19.0. The molecule has 4 rings (SSSR count). The number of piperidine rings is 1. The van der Waals surface area contributed by atoms with Crippen LogP contribution in [0.25, 0.3) is 11.4 Å². The third kappa shape index (κ3) is 3.66. The molecule has 2 aliphatic rings. The zero-order valence-corrected chi connectivity index (χ0v) is 16.2. The number of anilines is 1. The quantitative estimate of drug-likeness (QED) is 0.898. The molecular formula is C19H27N7O. The molecule has 1 aromatic heterocycles. The molecule has 0 unspecified atom stereocenters. The second-order valence-electron chi connectivity index (χ2n) is 7.70. The Balaban J connectivity index is 1.39. The van der Waals surface area contributed by atoms with Crippen molar-refractivity contribution in [3.63, 3.8) is 0 Å². The van der Waals surface area contributed by atoms with Gasteiger partial charge >= 0.3 is 6.03 Å². The fraction of sp³-hybridized carbons (Fsp3) is 0.579. The van der Waals surface area contributed by atoms with Crippen molar-refractivity contribution in [3.8, 4) is 11.4 Å². The third-order valence-electron chi connectivity index (χ3n) is 5.72. The van der Waals surface area contributed by atoms with E-state index in [0.29, 0.717) is 17.9 Å². The van der Waals surface area contributed by atoms with E-state index in [4.69, 9.17) is 0 Å². The summed E-state index contributed by atoms with van der Waals surface area (Å²) in [6.07, 6.45) is 3.87. The Labute approximate surface area is 159 Å². The average molecular weight is 369 g/mol. The van der Waals surface area contributed by atoms with Gasteiger partial charge in [0.1, 0.15) is 0 Å². The molecule has 3 heterocycles. The fourth-order valence-corrected chi connectivity index (χ4v) is 3.98. The van der Waals surface area contributed by atoms with Crippen molar-refractivity contribution in [1.29, 1.82) is 0 Å². The Bertz CT molecular complexity index is 827. The molecule has 0 saturated carbocycles. The number of aryl methyl sites for hydroxylation is 2. The molecule has 0 aliphatic carbocycles. The maximum atomic E-state index is 12.7. The predicted octanol–water partition coefficient (Wildman–Crippen LogP) is 2.28. The van der Waals surface area contributed by atoms with Crippen molar-refractivity contribution in [2.75, 3.05) is 25.0 Å². The van der Waals surface area contributed by atoms with Crippen molar-refractivity contribution in [2.45, 2.75) is 45.2 Å². The summed E-state index contributed by atoms with van der Waals surface area (Å²) in [4.78, 5) is 18.5. The van der Waals surface area contributed by atoms with Gasteiger partial charge in [-0.1, -0.05) is 18.6 Å². The van der Waals surface area contributed by atoms with Crippen LogP contribution in [0.5, 0.6) is 0 Å². The molecule has 8 nitrogen and oxygen atoms in total. The first-order valence-electron chi connectivity index (χ1n) is 9.68. The minimum absolute atomic E-state index is 0.0386. The van der Waals surface area contributed by atoms with Gasteiger partial charge in [-0.2, -0.15) is 4.80 Å². The maximum Gasteiger partial charge on any atom is 0.321 e. The number of aromatic nitrogens is 4. The van der Waals surface area contributed by atoms with Gasteiger partial charge in [0.15, 0.2) is 0 Å². The number of amides is 2. The zero-order valence-electron chi connectivity index (χ0n) is 16.2. The molecule has 8 heteroatoms. The lowest BCUT2D eigenvalue weighted by molar-refractivity contribution is 0.0199. The van der Waals surface area contributed by atoms with Crippen LogP contribution in [-0.2, 0) is 7.05 Å². The van der Waals surface area contributed by atoms with E-state index in [2.05, 4.69) is 32.6 Å². The van der Waals surface area contributed by atoms with Crippen LogP contribution in [-0.4, -0.2) is 67.8 Å². The second-order valence-corrected chi connectivity index (χ2v) is 7.70. The van der Waals surface area contributed by atoms with E-state index >= 15 is 0 Å². The third-order valence-corrected chi connectivity index (χ3v) is 5.72. The van der Waals surface area contributed by atoms with Gasteiger partial charge in [0, 0.05) is 36.4 Å². The normalized spacial score (nSPS) is 21.1. The van der Waals surface area contributed by atoms with E-state index in [1.807, 2.05) is 30.0 Å². The molecule has 1 atom stereocenters. The molecule has 144 valence electrons. The molecule has 2 aliphatic heterocycles. The van der Waals surface area contributed by atoms with E-state index in [1.165, 1.54) is 24.1 Å². The highest BCUT2D eigenvalue weighted by molar-refractivity contribution is 5.91. The highest BCUT2D eigenvalue weighted by atomic mass is 16.2. The van der Waals surface area contributed by atoms with Gasteiger partial charge in [-0.25, -0.2) is 4.79 Å². The lowest BCUT2D eigenvalue weighted by Crippen LogP contribution is -2.64. The van der Waals surface area contributed by atoms with Crippen LogP contribution >= 0.6 is 0 Å². The van der Waals surface area contributed by atoms with Crippen molar-refractivity contribution < 1.29 is 4.79 Å². The number of hydrogen-bond acceptors (Lipinski definition) is 5. The minimum atomic E-state index is -0.0386. The van der Waals surface area contributed by atoms with E-state index in [-0.39, 0.29) is 6.03 Å². The first kappa shape index (κ1) is 17.9. The number of nitrogens with zero attached hydrogens (tertiary/aromatic N) is 6. The summed E-state index contributed by atoms with van der Waals surface area (Å²) < 4.78 is 0. The lowest BCUT2D eigenvalue weighted by Gasteiger charge is -2.49. The summed E-state index contributed by atoms with van der Waals surface area (Å²) in [6, 6.07) is 6.92. The van der Waals surface area contributed by atoms with Gasteiger partial charge in [-0.3, -0.25) is 4.90 Å². The fourth-order valence-electron chi connectivity index (χ4n) is 3.98. The molecule has 1 N–H and O–H groups in total. The first-order valence-corrected chi connectivity index (χ1v) is 9.68. The number of carbonyl (C=O) groups is 1. The number of nitrogens with one attached hydrogen (secondary N) is 1. The SMILES string of the molecule is Cc1ccc(-c2nnn(C)n2)cc1NC(=O)N1CC(N2CCCC[C@@H]2C)C1. The lowest BCUT2D eigenvalue weighted by atomic mass is 9.98. The molecule has 2 saturated heterocycles. The van der Waals surface area contributed by atoms with Crippen molar-refractivity contribution in [1.82, 2.24) is 30.0 Å². The Morgan fingerprint density at radius 2 is 2.07 bits per heavy atom. The molecule has 0 bridgehead atoms. The number of urea groups is 1. The van der Waals surface area contributed by atoms with Crippen LogP contribution in [0.3, 0.4) is 0 Å². The standard InChI is InChI=1S/C19H27N7O/c1-13-7-8-15(18-21-23-24(3)22-18)10-17(13)20-19(27)25-11-16(12-25)26-9-5-4-6-14(26)2/h7-8,10,14,16H,4-6,9,11-12H2,1-3H3,(H,20,27)/t14-/m0/s1. The first-order chi connectivity index (χ1) is 13.0. The summed E-state index contributed by atoms with van der Waals surface area (Å²) >= 11 is 0. The minimum Gasteiger partial charge on any atom is -0.321 e. The van der Waals surface area contributed by atoms with Crippen molar-refractivity contribution in [2.24, 2.45) is 7.05 Å². The number of tetrazole rings is 1. The summed E-state index contributed by atoms with van der Waals surface area (Å²) in [5.74, 6) is 0.552. The van der Waals surface area contributed by atoms with Crippen LogP contribution < -0.4 is 5.32 Å². The van der Waals surface area contributed by atoms with E-state index in [9.17, 15) is 4.79 Å². The number of rotatable bonds is 3. The predicted molar refractivity (Wildman–Crippen MR) is 103 cm³/mol. The molecule has 1 aromatic carbocycles. The van der Waals surface area contributed by atoms with Crippen LogP contribution in [0.1, 0.15) is 31.7 Å². The molecule has 2 amide bonds. The number of benzene rings is 1. The largest absolute Gasteiger partial charge is 0.321 e. The summed E-state index contributed by atoms with van der Waals surface area (Å²) in [5.41, 5.74) is 2.64. The highest BCUT2D eigenvalue weighted by Gasteiger charge is 2.37. The smallest absolute Gasteiger partial charge is 0.321 e. The summed E-state index contributed by atoms with van der Waals surface area (Å²) in [7, 11) is 1.73.